The standard InChI is InChI=1S/C9H13N/c1-2-6-9-8(4-1)5-3-7-10-9/h3,5,7-9H,1-2,4,6H2. The number of hydrogen-bond acceptors (Lipinski definition) is 1. The van der Waals surface area contributed by atoms with Crippen molar-refractivity contribution in [2.75, 3.05) is 0 Å². The Hall–Kier alpha value is -0.590. The zero-order valence-corrected chi connectivity index (χ0v) is 6.16. The van der Waals surface area contributed by atoms with Crippen LogP contribution in [0.1, 0.15) is 25.7 Å². The Morgan fingerprint density at radius 3 is 3.00 bits per heavy atom. The number of rotatable bonds is 0. The first-order chi connectivity index (χ1) is 4.97. The fourth-order valence-electron chi connectivity index (χ4n) is 1.90. The first kappa shape index (κ1) is 6.14. The van der Waals surface area contributed by atoms with E-state index in [4.69, 9.17) is 0 Å². The van der Waals surface area contributed by atoms with Crippen molar-refractivity contribution in [2.45, 2.75) is 31.7 Å². The van der Waals surface area contributed by atoms with Crippen molar-refractivity contribution < 1.29 is 0 Å². The van der Waals surface area contributed by atoms with E-state index in [1.807, 2.05) is 6.21 Å². The quantitative estimate of drug-likeness (QED) is 0.483. The lowest BCUT2D eigenvalue weighted by Crippen LogP contribution is -2.23. The number of allylic oxidation sites excluding steroid dienone is 1. The Morgan fingerprint density at radius 2 is 2.10 bits per heavy atom. The maximum absolute atomic E-state index is 4.44. The summed E-state index contributed by atoms with van der Waals surface area (Å²) in [4.78, 5) is 4.44. The molecule has 0 spiro atoms. The lowest BCUT2D eigenvalue weighted by Gasteiger charge is -2.27. The van der Waals surface area contributed by atoms with Gasteiger partial charge in [0.2, 0.25) is 0 Å². The Labute approximate surface area is 61.9 Å². The predicted octanol–water partition coefficient (Wildman–Crippen LogP) is 2.19. The molecule has 1 heteroatoms. The van der Waals surface area contributed by atoms with Crippen LogP contribution in [0.15, 0.2) is 17.1 Å². The molecule has 0 aromatic carbocycles. The molecule has 10 heavy (non-hydrogen) atoms. The molecule has 1 heterocycles. The van der Waals surface area contributed by atoms with Crippen LogP contribution in [0.25, 0.3) is 0 Å². The fraction of sp³-hybridized carbons (Fsp3) is 0.667. The van der Waals surface area contributed by atoms with Gasteiger partial charge in [0, 0.05) is 6.21 Å². The van der Waals surface area contributed by atoms with Crippen molar-refractivity contribution in [3.8, 4) is 0 Å². The van der Waals surface area contributed by atoms with Gasteiger partial charge in [-0.3, -0.25) is 4.99 Å². The van der Waals surface area contributed by atoms with Gasteiger partial charge in [-0.25, -0.2) is 0 Å². The maximum atomic E-state index is 4.44. The molecule has 1 aliphatic heterocycles. The highest BCUT2D eigenvalue weighted by molar-refractivity contribution is 5.72. The molecule has 0 bridgehead atoms. The second-order valence-electron chi connectivity index (χ2n) is 3.20. The van der Waals surface area contributed by atoms with Crippen molar-refractivity contribution >= 4 is 6.21 Å². The summed E-state index contributed by atoms with van der Waals surface area (Å²) >= 11 is 0. The van der Waals surface area contributed by atoms with Crippen LogP contribution in [0.2, 0.25) is 0 Å². The molecule has 1 aliphatic carbocycles. The Morgan fingerprint density at radius 1 is 1.20 bits per heavy atom. The maximum Gasteiger partial charge on any atom is 0.0562 e. The van der Waals surface area contributed by atoms with E-state index in [9.17, 15) is 0 Å². The SMILES string of the molecule is C1=CC2CCCCC2N=C1. The van der Waals surface area contributed by atoms with Gasteiger partial charge in [0.05, 0.1) is 6.04 Å². The molecule has 54 valence electrons. The van der Waals surface area contributed by atoms with Gasteiger partial charge in [-0.05, 0) is 24.8 Å². The third kappa shape index (κ3) is 1.00. The van der Waals surface area contributed by atoms with Crippen molar-refractivity contribution in [3.05, 3.63) is 12.2 Å². The van der Waals surface area contributed by atoms with Gasteiger partial charge in [0.15, 0.2) is 0 Å². The molecule has 2 rings (SSSR count). The van der Waals surface area contributed by atoms with Crippen LogP contribution in [-0.4, -0.2) is 12.3 Å². The first-order valence-electron chi connectivity index (χ1n) is 4.17. The van der Waals surface area contributed by atoms with Crippen LogP contribution >= 0.6 is 0 Å². The highest BCUT2D eigenvalue weighted by Crippen LogP contribution is 2.28. The molecule has 1 fully saturated rings. The molecule has 0 N–H and O–H groups in total. The number of fused-ring (bicyclic) bond motifs is 1. The molecular formula is C9H13N. The monoisotopic (exact) mass is 135 g/mol. The summed E-state index contributed by atoms with van der Waals surface area (Å²) in [6, 6.07) is 0.638. The molecule has 2 unspecified atom stereocenters. The average molecular weight is 135 g/mol. The average Bonchev–Trinajstić information content (AvgIpc) is 2.05. The second-order valence-corrected chi connectivity index (χ2v) is 3.20. The molecule has 2 atom stereocenters. The molecule has 0 saturated heterocycles. The van der Waals surface area contributed by atoms with Gasteiger partial charge >= 0.3 is 0 Å². The van der Waals surface area contributed by atoms with Gasteiger partial charge in [0.25, 0.3) is 0 Å². The predicted molar refractivity (Wildman–Crippen MR) is 43.4 cm³/mol. The van der Waals surface area contributed by atoms with E-state index in [1.54, 1.807) is 0 Å². The minimum Gasteiger partial charge on any atom is -0.289 e. The molecule has 1 nitrogen and oxygen atoms in total. The summed E-state index contributed by atoms with van der Waals surface area (Å²) in [6.07, 6.45) is 11.8. The zero-order valence-electron chi connectivity index (χ0n) is 6.16. The third-order valence-corrected chi connectivity index (χ3v) is 2.50. The van der Waals surface area contributed by atoms with E-state index >= 15 is 0 Å². The molecule has 2 aliphatic rings. The van der Waals surface area contributed by atoms with E-state index in [2.05, 4.69) is 17.1 Å². The zero-order chi connectivity index (χ0) is 6.81. The number of nitrogens with zero attached hydrogens (tertiary/aromatic N) is 1. The van der Waals surface area contributed by atoms with Crippen LogP contribution in [0.3, 0.4) is 0 Å². The number of hydrogen-bond donors (Lipinski definition) is 0. The minimum absolute atomic E-state index is 0.638. The number of dihydropyridines is 1. The van der Waals surface area contributed by atoms with Crippen LogP contribution in [-0.2, 0) is 0 Å². The molecule has 0 radical (unpaired) electrons. The summed E-state index contributed by atoms with van der Waals surface area (Å²) in [5, 5.41) is 0. The van der Waals surface area contributed by atoms with Crippen molar-refractivity contribution in [1.29, 1.82) is 0 Å². The van der Waals surface area contributed by atoms with E-state index in [0.717, 1.165) is 5.92 Å². The van der Waals surface area contributed by atoms with Crippen LogP contribution in [0.4, 0.5) is 0 Å². The van der Waals surface area contributed by atoms with Crippen LogP contribution in [0.5, 0.6) is 0 Å². The second kappa shape index (κ2) is 2.57. The fourth-order valence-corrected chi connectivity index (χ4v) is 1.90. The summed E-state index contributed by atoms with van der Waals surface area (Å²) in [7, 11) is 0. The van der Waals surface area contributed by atoms with Crippen LogP contribution < -0.4 is 0 Å². The largest absolute Gasteiger partial charge is 0.289 e. The lowest BCUT2D eigenvalue weighted by molar-refractivity contribution is 0.362. The van der Waals surface area contributed by atoms with Crippen LogP contribution in [0, 0.1) is 5.92 Å². The lowest BCUT2D eigenvalue weighted by atomic mass is 9.84. The summed E-state index contributed by atoms with van der Waals surface area (Å²) < 4.78 is 0. The van der Waals surface area contributed by atoms with Crippen molar-refractivity contribution in [2.24, 2.45) is 10.9 Å². The summed E-state index contributed by atoms with van der Waals surface area (Å²) in [6.45, 7) is 0. The third-order valence-electron chi connectivity index (χ3n) is 2.50. The topological polar surface area (TPSA) is 12.4 Å². The summed E-state index contributed by atoms with van der Waals surface area (Å²) in [5.74, 6) is 0.777. The van der Waals surface area contributed by atoms with E-state index < -0.39 is 0 Å². The number of aliphatic imine (C=N–C) groups is 1. The van der Waals surface area contributed by atoms with E-state index in [0.29, 0.717) is 6.04 Å². The molecule has 0 aromatic rings. The van der Waals surface area contributed by atoms with E-state index in [-0.39, 0.29) is 0 Å². The summed E-state index contributed by atoms with van der Waals surface area (Å²) in [5.41, 5.74) is 0. The van der Waals surface area contributed by atoms with Gasteiger partial charge in [-0.1, -0.05) is 18.9 Å². The van der Waals surface area contributed by atoms with E-state index in [1.165, 1.54) is 25.7 Å². The Kier molecular flexibility index (Phi) is 1.58. The smallest absolute Gasteiger partial charge is 0.0562 e. The van der Waals surface area contributed by atoms with Crippen molar-refractivity contribution in [1.82, 2.24) is 0 Å². The van der Waals surface area contributed by atoms with Gasteiger partial charge in [-0.15, -0.1) is 0 Å². The minimum atomic E-state index is 0.638. The first-order valence-corrected chi connectivity index (χ1v) is 4.17. The molecule has 0 aromatic heterocycles. The Balaban J connectivity index is 2.09. The normalized spacial score (nSPS) is 37.6. The highest BCUT2D eigenvalue weighted by atomic mass is 14.8. The van der Waals surface area contributed by atoms with Crippen molar-refractivity contribution in [3.63, 3.8) is 0 Å². The Bertz CT molecular complexity index is 150. The molecular weight excluding hydrogens is 122 g/mol. The molecule has 0 amide bonds. The van der Waals surface area contributed by atoms with Gasteiger partial charge < -0.3 is 0 Å². The molecule has 1 saturated carbocycles. The van der Waals surface area contributed by atoms with Gasteiger partial charge in [0.1, 0.15) is 0 Å². The van der Waals surface area contributed by atoms with Gasteiger partial charge in [-0.2, -0.15) is 0 Å². The highest BCUT2D eigenvalue weighted by Gasteiger charge is 2.22.